The monoisotopic (exact) mass is 164 g/mol. The zero-order chi connectivity index (χ0) is 8.55. The molecule has 0 radical (unpaired) electrons. The first kappa shape index (κ1) is 7.55. The van der Waals surface area contributed by atoms with Gasteiger partial charge in [-0.3, -0.25) is 4.98 Å². The number of hydrogen-bond acceptors (Lipinski definition) is 3. The number of hydrogen-bond donors (Lipinski definition) is 1. The van der Waals surface area contributed by atoms with Gasteiger partial charge >= 0.3 is 0 Å². The Kier molecular flexibility index (Phi) is 1.73. The smallest absolute Gasteiger partial charge is 0.0889 e. The van der Waals surface area contributed by atoms with E-state index < -0.39 is 0 Å². The van der Waals surface area contributed by atoms with Gasteiger partial charge in [-0.2, -0.15) is 0 Å². The molecule has 1 aromatic rings. The summed E-state index contributed by atoms with van der Waals surface area (Å²) >= 11 is 0. The molecule has 2 rings (SSSR count). The van der Waals surface area contributed by atoms with Crippen molar-refractivity contribution in [1.82, 2.24) is 4.98 Å². The third-order valence-corrected chi connectivity index (χ3v) is 2.19. The zero-order valence-corrected chi connectivity index (χ0v) is 7.07. The lowest BCUT2D eigenvalue weighted by molar-refractivity contribution is 0.142. The van der Waals surface area contributed by atoms with Crippen molar-refractivity contribution in [3.63, 3.8) is 0 Å². The summed E-state index contributed by atoms with van der Waals surface area (Å²) in [5.41, 5.74) is 2.36. The minimum absolute atomic E-state index is 0.141. The number of pyridine rings is 1. The lowest BCUT2D eigenvalue weighted by atomic mass is 10.1. The van der Waals surface area contributed by atoms with E-state index in [1.54, 1.807) is 6.20 Å². The molecule has 0 atom stereocenters. The summed E-state index contributed by atoms with van der Waals surface area (Å²) in [4.78, 5) is 6.17. The Morgan fingerprint density at radius 2 is 2.33 bits per heavy atom. The highest BCUT2D eigenvalue weighted by Crippen LogP contribution is 2.23. The first-order chi connectivity index (χ1) is 5.77. The maximum absolute atomic E-state index is 9.11. The van der Waals surface area contributed by atoms with E-state index in [0.29, 0.717) is 0 Å². The van der Waals surface area contributed by atoms with E-state index >= 15 is 0 Å². The highest BCUT2D eigenvalue weighted by atomic mass is 16.3. The predicted molar refractivity (Wildman–Crippen MR) is 47.2 cm³/mol. The van der Waals surface area contributed by atoms with Crippen LogP contribution < -0.4 is 4.90 Å². The lowest BCUT2D eigenvalue weighted by Gasteiger charge is -2.38. The van der Waals surface area contributed by atoms with Gasteiger partial charge in [0.2, 0.25) is 0 Å². The molecule has 0 unspecified atom stereocenters. The van der Waals surface area contributed by atoms with Gasteiger partial charge in [-0.15, -0.1) is 0 Å². The molecular formula is C9H12N2O. The molecule has 3 nitrogen and oxygen atoms in total. The fourth-order valence-corrected chi connectivity index (χ4v) is 1.47. The van der Waals surface area contributed by atoms with Crippen molar-refractivity contribution < 1.29 is 5.11 Å². The molecule has 1 N–H and O–H groups in total. The summed E-state index contributed by atoms with van der Waals surface area (Å²) in [6.45, 7) is 3.54. The van der Waals surface area contributed by atoms with E-state index in [9.17, 15) is 0 Å². The topological polar surface area (TPSA) is 36.4 Å². The number of aromatic nitrogens is 1. The van der Waals surface area contributed by atoms with E-state index in [2.05, 4.69) is 9.88 Å². The molecular weight excluding hydrogens is 152 g/mol. The first-order valence-corrected chi connectivity index (χ1v) is 4.11. The van der Waals surface area contributed by atoms with Crippen LogP contribution in [-0.4, -0.2) is 29.3 Å². The van der Waals surface area contributed by atoms with Gasteiger partial charge in [0.05, 0.1) is 6.10 Å². The first-order valence-electron chi connectivity index (χ1n) is 4.11. The van der Waals surface area contributed by atoms with Gasteiger partial charge in [0.25, 0.3) is 0 Å². The van der Waals surface area contributed by atoms with Crippen LogP contribution in [0, 0.1) is 6.92 Å². The van der Waals surface area contributed by atoms with Gasteiger partial charge in [0.15, 0.2) is 0 Å². The minimum Gasteiger partial charge on any atom is -0.389 e. The van der Waals surface area contributed by atoms with Crippen molar-refractivity contribution in [3.05, 3.63) is 24.0 Å². The van der Waals surface area contributed by atoms with Crippen LogP contribution in [0.5, 0.6) is 0 Å². The van der Waals surface area contributed by atoms with Crippen LogP contribution in [0.2, 0.25) is 0 Å². The molecule has 0 aliphatic carbocycles. The highest BCUT2D eigenvalue weighted by Gasteiger charge is 2.25. The third kappa shape index (κ3) is 1.16. The van der Waals surface area contributed by atoms with Crippen molar-refractivity contribution >= 4 is 5.69 Å². The molecule has 0 amide bonds. The molecule has 2 heterocycles. The van der Waals surface area contributed by atoms with Gasteiger partial charge in [0.1, 0.15) is 0 Å². The Morgan fingerprint density at radius 1 is 1.58 bits per heavy atom. The standard InChI is InChI=1S/C9H12N2O/c1-7-4-10-3-2-9(7)11-5-8(12)6-11/h2-4,8,12H,5-6H2,1H3. The van der Waals surface area contributed by atoms with Crippen LogP contribution in [0.1, 0.15) is 5.56 Å². The van der Waals surface area contributed by atoms with Gasteiger partial charge < -0.3 is 10.0 Å². The Morgan fingerprint density at radius 3 is 2.92 bits per heavy atom. The molecule has 3 heteroatoms. The molecule has 1 aliphatic heterocycles. The average Bonchev–Trinajstić information content (AvgIpc) is 2.01. The molecule has 0 aromatic carbocycles. The molecule has 0 spiro atoms. The van der Waals surface area contributed by atoms with Crippen LogP contribution >= 0.6 is 0 Å². The molecule has 12 heavy (non-hydrogen) atoms. The van der Waals surface area contributed by atoms with Crippen LogP contribution in [0.3, 0.4) is 0 Å². The summed E-state index contributed by atoms with van der Waals surface area (Å²) in [6, 6.07) is 1.99. The Balaban J connectivity index is 2.18. The number of β-amino-alcohol motifs (C(OH)–C–C–N with tert-alkyl or cyclic N) is 1. The summed E-state index contributed by atoms with van der Waals surface area (Å²) in [5.74, 6) is 0. The summed E-state index contributed by atoms with van der Waals surface area (Å²) < 4.78 is 0. The Bertz CT molecular complexity index is 282. The van der Waals surface area contributed by atoms with E-state index in [0.717, 1.165) is 13.1 Å². The van der Waals surface area contributed by atoms with Crippen molar-refractivity contribution in [2.45, 2.75) is 13.0 Å². The summed E-state index contributed by atoms with van der Waals surface area (Å²) in [5, 5.41) is 9.11. The third-order valence-electron chi connectivity index (χ3n) is 2.19. The summed E-state index contributed by atoms with van der Waals surface area (Å²) in [6.07, 6.45) is 3.49. The number of aryl methyl sites for hydroxylation is 1. The van der Waals surface area contributed by atoms with Crippen molar-refractivity contribution in [2.24, 2.45) is 0 Å². The number of aliphatic hydroxyl groups excluding tert-OH is 1. The van der Waals surface area contributed by atoms with Gasteiger partial charge in [0, 0.05) is 31.2 Å². The second kappa shape index (κ2) is 2.75. The SMILES string of the molecule is Cc1cnccc1N1CC(O)C1. The summed E-state index contributed by atoms with van der Waals surface area (Å²) in [7, 11) is 0. The fourth-order valence-electron chi connectivity index (χ4n) is 1.47. The van der Waals surface area contributed by atoms with Crippen molar-refractivity contribution in [2.75, 3.05) is 18.0 Å². The van der Waals surface area contributed by atoms with E-state index in [-0.39, 0.29) is 6.10 Å². The normalized spacial score (nSPS) is 17.7. The average molecular weight is 164 g/mol. The van der Waals surface area contributed by atoms with Crippen molar-refractivity contribution in [3.8, 4) is 0 Å². The largest absolute Gasteiger partial charge is 0.389 e. The Labute approximate surface area is 71.7 Å². The fraction of sp³-hybridized carbons (Fsp3) is 0.444. The zero-order valence-electron chi connectivity index (χ0n) is 7.07. The maximum Gasteiger partial charge on any atom is 0.0889 e. The van der Waals surface area contributed by atoms with E-state index in [4.69, 9.17) is 5.11 Å². The van der Waals surface area contributed by atoms with E-state index in [1.165, 1.54) is 11.3 Å². The van der Waals surface area contributed by atoms with E-state index in [1.807, 2.05) is 19.2 Å². The number of aliphatic hydroxyl groups is 1. The highest BCUT2D eigenvalue weighted by molar-refractivity contribution is 5.53. The number of anilines is 1. The second-order valence-corrected chi connectivity index (χ2v) is 3.22. The van der Waals surface area contributed by atoms with Crippen LogP contribution in [0.15, 0.2) is 18.5 Å². The maximum atomic E-state index is 9.11. The number of nitrogens with zero attached hydrogens (tertiary/aromatic N) is 2. The van der Waals surface area contributed by atoms with Gasteiger partial charge in [-0.25, -0.2) is 0 Å². The predicted octanol–water partition coefficient (Wildman–Crippen LogP) is 0.571. The molecule has 1 aromatic heterocycles. The van der Waals surface area contributed by atoms with Crippen LogP contribution in [-0.2, 0) is 0 Å². The second-order valence-electron chi connectivity index (χ2n) is 3.22. The molecule has 1 saturated heterocycles. The van der Waals surface area contributed by atoms with Crippen LogP contribution in [0.25, 0.3) is 0 Å². The Hall–Kier alpha value is -1.09. The molecule has 1 fully saturated rings. The minimum atomic E-state index is -0.141. The lowest BCUT2D eigenvalue weighted by Crippen LogP contribution is -2.51. The van der Waals surface area contributed by atoms with Crippen molar-refractivity contribution in [1.29, 1.82) is 0 Å². The van der Waals surface area contributed by atoms with Crippen LogP contribution in [0.4, 0.5) is 5.69 Å². The van der Waals surface area contributed by atoms with Gasteiger partial charge in [-0.05, 0) is 18.6 Å². The van der Waals surface area contributed by atoms with Gasteiger partial charge in [-0.1, -0.05) is 0 Å². The molecule has 0 saturated carbocycles. The molecule has 0 bridgehead atoms. The number of rotatable bonds is 1. The molecule has 1 aliphatic rings. The quantitative estimate of drug-likeness (QED) is 0.659. The molecule has 64 valence electrons.